The van der Waals surface area contributed by atoms with E-state index >= 15 is 0 Å². The van der Waals surface area contributed by atoms with Crippen LogP contribution >= 0.6 is 0 Å². The van der Waals surface area contributed by atoms with Gasteiger partial charge in [-0.1, -0.05) is 18.1 Å². The second kappa shape index (κ2) is 11.4. The van der Waals surface area contributed by atoms with Crippen LogP contribution in [-0.4, -0.2) is 65.1 Å². The van der Waals surface area contributed by atoms with Crippen molar-refractivity contribution in [1.82, 2.24) is 34.3 Å². The SMILES string of the molecule is Cc1nn2ccn(CC#Cc3nccc(N4CCN(c5cc(-c6ccccc6O)nnc5N)CCC4C)n3)c(=O)c2c1C. The minimum Gasteiger partial charge on any atom is -0.507 e. The van der Waals surface area contributed by atoms with Crippen molar-refractivity contribution in [3.63, 3.8) is 0 Å². The van der Waals surface area contributed by atoms with E-state index < -0.39 is 0 Å². The quantitative estimate of drug-likeness (QED) is 0.307. The van der Waals surface area contributed by atoms with Crippen molar-refractivity contribution in [2.24, 2.45) is 0 Å². The number of benzene rings is 1. The Morgan fingerprint density at radius 2 is 1.93 bits per heavy atom. The number of hydrogen-bond donors (Lipinski definition) is 2. The van der Waals surface area contributed by atoms with Gasteiger partial charge in [-0.2, -0.15) is 5.10 Å². The van der Waals surface area contributed by atoms with E-state index in [1.807, 2.05) is 32.0 Å². The van der Waals surface area contributed by atoms with Crippen molar-refractivity contribution >= 4 is 22.8 Å². The lowest BCUT2D eigenvalue weighted by atomic mass is 10.1. The van der Waals surface area contributed by atoms with Gasteiger partial charge < -0.3 is 25.2 Å². The molecule has 0 aliphatic carbocycles. The smallest absolute Gasteiger partial charge is 0.277 e. The van der Waals surface area contributed by atoms with E-state index in [0.717, 1.165) is 35.7 Å². The fraction of sp³-hybridized carbons (Fsp3) is 0.290. The first kappa shape index (κ1) is 27.7. The summed E-state index contributed by atoms with van der Waals surface area (Å²) in [6.07, 6.45) is 6.02. The van der Waals surface area contributed by atoms with E-state index in [1.165, 1.54) is 0 Å². The number of para-hydroxylation sites is 1. The summed E-state index contributed by atoms with van der Waals surface area (Å²) < 4.78 is 3.18. The average Bonchev–Trinajstić information content (AvgIpc) is 3.16. The molecule has 12 heteroatoms. The van der Waals surface area contributed by atoms with Gasteiger partial charge in [0.05, 0.1) is 23.6 Å². The van der Waals surface area contributed by atoms with Crippen LogP contribution in [0.2, 0.25) is 0 Å². The van der Waals surface area contributed by atoms with Crippen LogP contribution in [0, 0.1) is 25.7 Å². The van der Waals surface area contributed by atoms with Crippen molar-refractivity contribution in [2.45, 2.75) is 39.8 Å². The van der Waals surface area contributed by atoms with E-state index in [2.05, 4.69) is 48.8 Å². The third kappa shape index (κ3) is 5.44. The minimum absolute atomic E-state index is 0.134. The summed E-state index contributed by atoms with van der Waals surface area (Å²) in [5, 5.41) is 23.1. The first-order valence-electron chi connectivity index (χ1n) is 14.1. The monoisotopic (exact) mass is 576 g/mol. The van der Waals surface area contributed by atoms with Crippen molar-refractivity contribution in [3.8, 4) is 28.8 Å². The summed E-state index contributed by atoms with van der Waals surface area (Å²) in [4.78, 5) is 26.5. The third-order valence-corrected chi connectivity index (χ3v) is 7.90. The van der Waals surface area contributed by atoms with Gasteiger partial charge in [-0.3, -0.25) is 4.79 Å². The Morgan fingerprint density at radius 1 is 1.09 bits per heavy atom. The van der Waals surface area contributed by atoms with Gasteiger partial charge in [-0.05, 0) is 57.4 Å². The molecule has 0 spiro atoms. The van der Waals surface area contributed by atoms with Crippen LogP contribution in [0.5, 0.6) is 5.75 Å². The molecule has 0 radical (unpaired) electrons. The van der Waals surface area contributed by atoms with Crippen molar-refractivity contribution in [1.29, 1.82) is 0 Å². The van der Waals surface area contributed by atoms with E-state index in [1.54, 1.807) is 45.9 Å². The van der Waals surface area contributed by atoms with Crippen LogP contribution in [0.3, 0.4) is 0 Å². The Morgan fingerprint density at radius 3 is 2.77 bits per heavy atom. The molecule has 6 rings (SSSR count). The maximum absolute atomic E-state index is 13.0. The summed E-state index contributed by atoms with van der Waals surface area (Å²) in [7, 11) is 0. The van der Waals surface area contributed by atoms with Gasteiger partial charge in [-0.15, -0.1) is 10.2 Å². The van der Waals surface area contributed by atoms with Gasteiger partial charge in [0.15, 0.2) is 5.82 Å². The largest absolute Gasteiger partial charge is 0.507 e. The van der Waals surface area contributed by atoms with Gasteiger partial charge in [0, 0.05) is 55.4 Å². The molecule has 4 aromatic heterocycles. The molecular formula is C31H32N10O2. The fourth-order valence-corrected chi connectivity index (χ4v) is 5.35. The van der Waals surface area contributed by atoms with Gasteiger partial charge in [0.1, 0.15) is 17.1 Å². The molecule has 0 amide bonds. The Hall–Kier alpha value is -5.44. The molecule has 0 bridgehead atoms. The van der Waals surface area contributed by atoms with Gasteiger partial charge >= 0.3 is 0 Å². The molecule has 1 unspecified atom stereocenters. The molecule has 12 nitrogen and oxygen atoms in total. The van der Waals surface area contributed by atoms with Gasteiger partial charge in [0.25, 0.3) is 5.56 Å². The lowest BCUT2D eigenvalue weighted by molar-refractivity contribution is 0.477. The number of aryl methyl sites for hydroxylation is 2. The molecule has 1 atom stereocenters. The highest BCUT2D eigenvalue weighted by Gasteiger charge is 2.24. The number of aromatic hydroxyl groups is 1. The molecule has 1 aromatic carbocycles. The predicted octanol–water partition coefficient (Wildman–Crippen LogP) is 2.80. The number of nitrogen functional groups attached to an aromatic ring is 1. The zero-order chi connectivity index (χ0) is 30.1. The highest BCUT2D eigenvalue weighted by molar-refractivity contribution is 5.74. The van der Waals surface area contributed by atoms with Gasteiger partial charge in [-0.25, -0.2) is 14.5 Å². The molecule has 43 heavy (non-hydrogen) atoms. The second-order valence-electron chi connectivity index (χ2n) is 10.6. The van der Waals surface area contributed by atoms with Crippen LogP contribution in [0.25, 0.3) is 16.8 Å². The highest BCUT2D eigenvalue weighted by Crippen LogP contribution is 2.32. The zero-order valence-corrected chi connectivity index (χ0v) is 24.3. The normalized spacial score (nSPS) is 15.3. The summed E-state index contributed by atoms with van der Waals surface area (Å²) in [5.41, 5.74) is 10.3. The molecule has 1 saturated heterocycles. The summed E-state index contributed by atoms with van der Waals surface area (Å²) in [5.74, 6) is 7.74. The number of anilines is 3. The van der Waals surface area contributed by atoms with Crippen LogP contribution in [0.1, 0.15) is 30.4 Å². The second-order valence-corrected chi connectivity index (χ2v) is 10.6. The zero-order valence-electron chi connectivity index (χ0n) is 24.3. The molecular weight excluding hydrogens is 544 g/mol. The van der Waals surface area contributed by atoms with Crippen molar-refractivity contribution in [3.05, 3.63) is 82.4 Å². The van der Waals surface area contributed by atoms with Crippen molar-refractivity contribution in [2.75, 3.05) is 35.2 Å². The van der Waals surface area contributed by atoms with Crippen LogP contribution in [0.15, 0.2) is 59.8 Å². The molecule has 0 saturated carbocycles. The molecule has 5 heterocycles. The summed E-state index contributed by atoms with van der Waals surface area (Å²) in [6.45, 7) is 8.31. The van der Waals surface area contributed by atoms with Crippen LogP contribution < -0.4 is 21.1 Å². The standard InChI is InChI=1S/C31H32N10O2/c1-20-11-14-38(25-19-24(35-36-30(25)32)23-7-4-5-8-26(23)42)15-17-40(20)28-10-12-33-27(34-28)9-6-13-39-16-18-41-29(31(39)43)21(2)22(3)37-41/h4-5,7-8,10,12,16,18-20,42H,11,13-15,17H2,1-3H3,(H2,32,36). The molecule has 1 aliphatic rings. The number of nitrogens with two attached hydrogens (primary N) is 1. The minimum atomic E-state index is -0.134. The number of nitrogens with zero attached hydrogens (tertiary/aromatic N) is 9. The maximum atomic E-state index is 13.0. The summed E-state index contributed by atoms with van der Waals surface area (Å²) in [6, 6.07) is 11.0. The number of aromatic nitrogens is 7. The molecule has 1 aliphatic heterocycles. The third-order valence-electron chi connectivity index (χ3n) is 7.90. The molecule has 5 aromatic rings. The molecule has 3 N–H and O–H groups in total. The first-order valence-corrected chi connectivity index (χ1v) is 14.1. The lowest BCUT2D eigenvalue weighted by Gasteiger charge is -2.28. The van der Waals surface area contributed by atoms with Crippen LogP contribution in [0.4, 0.5) is 17.3 Å². The lowest BCUT2D eigenvalue weighted by Crippen LogP contribution is -2.35. The Bertz CT molecular complexity index is 1940. The number of phenolic OH excluding ortho intramolecular Hbond substituents is 1. The van der Waals surface area contributed by atoms with E-state index in [9.17, 15) is 9.90 Å². The number of rotatable bonds is 4. The Balaban J connectivity index is 1.19. The maximum Gasteiger partial charge on any atom is 0.277 e. The fourth-order valence-electron chi connectivity index (χ4n) is 5.35. The Kier molecular flexibility index (Phi) is 7.38. The predicted molar refractivity (Wildman–Crippen MR) is 165 cm³/mol. The van der Waals surface area contributed by atoms with E-state index in [-0.39, 0.29) is 23.9 Å². The molecule has 1 fully saturated rings. The van der Waals surface area contributed by atoms with Gasteiger partial charge in [0.2, 0.25) is 5.82 Å². The van der Waals surface area contributed by atoms with Crippen molar-refractivity contribution < 1.29 is 5.11 Å². The average molecular weight is 577 g/mol. The molecule has 218 valence electrons. The first-order chi connectivity index (χ1) is 20.8. The Labute approximate surface area is 248 Å². The van der Waals surface area contributed by atoms with E-state index in [0.29, 0.717) is 41.5 Å². The number of hydrogen-bond acceptors (Lipinski definition) is 10. The summed E-state index contributed by atoms with van der Waals surface area (Å²) >= 11 is 0. The van der Waals surface area contributed by atoms with E-state index in [4.69, 9.17) is 10.7 Å². The highest BCUT2D eigenvalue weighted by atomic mass is 16.3. The van der Waals surface area contributed by atoms with Crippen LogP contribution in [-0.2, 0) is 6.54 Å². The number of fused-ring (bicyclic) bond motifs is 1. The topological polar surface area (TPSA) is 144 Å². The number of phenols is 1.